The minimum atomic E-state index is -0.366. The van der Waals surface area contributed by atoms with Gasteiger partial charge in [0.15, 0.2) is 0 Å². The van der Waals surface area contributed by atoms with Crippen molar-refractivity contribution in [2.24, 2.45) is 0 Å². The number of rotatable bonds is 2. The van der Waals surface area contributed by atoms with E-state index in [9.17, 15) is 9.18 Å². The Bertz CT molecular complexity index is 465. The van der Waals surface area contributed by atoms with E-state index in [-0.39, 0.29) is 17.8 Å². The molecule has 0 unspecified atom stereocenters. The molecule has 2 saturated heterocycles. The second kappa shape index (κ2) is 5.29. The van der Waals surface area contributed by atoms with Gasteiger partial charge in [0, 0.05) is 23.7 Å². The predicted octanol–water partition coefficient (Wildman–Crippen LogP) is 2.23. The van der Waals surface area contributed by atoms with E-state index < -0.39 is 0 Å². The van der Waals surface area contributed by atoms with E-state index in [0.29, 0.717) is 17.6 Å². The summed E-state index contributed by atoms with van der Waals surface area (Å²) in [6.45, 7) is 0. The van der Waals surface area contributed by atoms with Gasteiger partial charge in [0.25, 0.3) is 5.91 Å². The van der Waals surface area contributed by atoms with Gasteiger partial charge in [0.2, 0.25) is 0 Å². The van der Waals surface area contributed by atoms with Crippen LogP contribution in [0, 0.1) is 5.82 Å². The lowest BCUT2D eigenvalue weighted by molar-refractivity contribution is 0.0906. The van der Waals surface area contributed by atoms with Crippen molar-refractivity contribution in [1.82, 2.24) is 10.6 Å². The maximum atomic E-state index is 13.1. The normalized spacial score (nSPS) is 29.8. The first-order chi connectivity index (χ1) is 9.20. The van der Waals surface area contributed by atoms with E-state index in [4.69, 9.17) is 0 Å². The van der Waals surface area contributed by atoms with Gasteiger partial charge in [-0.15, -0.1) is 0 Å². The molecule has 2 atom stereocenters. The van der Waals surface area contributed by atoms with Crippen molar-refractivity contribution in [3.63, 3.8) is 0 Å². The number of carbonyl (C=O) groups is 1. The minimum Gasteiger partial charge on any atom is -0.349 e. The van der Waals surface area contributed by atoms with Crippen LogP contribution in [0.25, 0.3) is 0 Å². The lowest BCUT2D eigenvalue weighted by atomic mass is 9.84. The fraction of sp³-hybridized carbons (Fsp3) is 0.533. The topological polar surface area (TPSA) is 41.1 Å². The molecule has 2 fully saturated rings. The van der Waals surface area contributed by atoms with Crippen LogP contribution in [-0.2, 0) is 0 Å². The number of fused-ring (bicyclic) bond motifs is 2. The van der Waals surface area contributed by atoms with Crippen molar-refractivity contribution in [3.8, 4) is 0 Å². The van der Waals surface area contributed by atoms with Gasteiger partial charge in [-0.05, 0) is 43.9 Å². The fourth-order valence-electron chi connectivity index (χ4n) is 3.28. The summed E-state index contributed by atoms with van der Waals surface area (Å²) in [5, 5.41) is 6.64. The highest BCUT2D eigenvalue weighted by molar-refractivity contribution is 5.94. The zero-order chi connectivity index (χ0) is 13.2. The molecular weight excluding hydrogens is 243 g/mol. The second-order valence-corrected chi connectivity index (χ2v) is 5.64. The van der Waals surface area contributed by atoms with Gasteiger partial charge in [0.1, 0.15) is 5.82 Å². The summed E-state index contributed by atoms with van der Waals surface area (Å²) in [5.74, 6) is -0.528. The second-order valence-electron chi connectivity index (χ2n) is 5.64. The first-order valence-corrected chi connectivity index (χ1v) is 7.03. The van der Waals surface area contributed by atoms with Crippen LogP contribution in [-0.4, -0.2) is 24.0 Å². The summed E-state index contributed by atoms with van der Waals surface area (Å²) in [7, 11) is 0. The van der Waals surface area contributed by atoms with Crippen molar-refractivity contribution in [1.29, 1.82) is 0 Å². The third-order valence-corrected chi connectivity index (χ3v) is 4.14. The molecule has 1 aromatic carbocycles. The molecule has 0 saturated carbocycles. The Labute approximate surface area is 112 Å². The van der Waals surface area contributed by atoms with Crippen molar-refractivity contribution in [2.75, 3.05) is 0 Å². The van der Waals surface area contributed by atoms with Crippen LogP contribution in [0.3, 0.4) is 0 Å². The average Bonchev–Trinajstić information content (AvgIpc) is 2.38. The van der Waals surface area contributed by atoms with Crippen LogP contribution in [0.4, 0.5) is 4.39 Å². The number of hydrogen-bond donors (Lipinski definition) is 2. The molecule has 1 aromatic rings. The minimum absolute atomic E-state index is 0.163. The molecule has 0 aliphatic carbocycles. The van der Waals surface area contributed by atoms with Crippen LogP contribution >= 0.6 is 0 Å². The van der Waals surface area contributed by atoms with E-state index in [1.165, 1.54) is 31.4 Å². The Hall–Kier alpha value is -1.42. The number of amides is 1. The summed E-state index contributed by atoms with van der Waals surface area (Å²) in [4.78, 5) is 12.1. The first-order valence-electron chi connectivity index (χ1n) is 7.03. The third kappa shape index (κ3) is 2.95. The molecule has 4 heteroatoms. The van der Waals surface area contributed by atoms with Gasteiger partial charge in [-0.2, -0.15) is 0 Å². The van der Waals surface area contributed by atoms with Crippen molar-refractivity contribution in [2.45, 2.75) is 50.2 Å². The first kappa shape index (κ1) is 12.6. The summed E-state index contributed by atoms with van der Waals surface area (Å²) in [6.07, 6.45) is 5.65. The van der Waals surface area contributed by atoms with Gasteiger partial charge >= 0.3 is 0 Å². The number of carbonyl (C=O) groups excluding carboxylic acids is 1. The Morgan fingerprint density at radius 1 is 1.26 bits per heavy atom. The molecule has 2 aliphatic heterocycles. The highest BCUT2D eigenvalue weighted by Crippen LogP contribution is 2.25. The summed E-state index contributed by atoms with van der Waals surface area (Å²) in [6, 6.07) is 7.15. The van der Waals surface area contributed by atoms with Crippen molar-refractivity contribution >= 4 is 5.91 Å². The molecule has 0 radical (unpaired) electrons. The molecule has 2 aliphatic rings. The SMILES string of the molecule is O=C(NC1C[C@@H]2CCC[C@@H](C1)N2)c1cccc(F)c1. The van der Waals surface area contributed by atoms with E-state index >= 15 is 0 Å². The molecule has 102 valence electrons. The number of hydrogen-bond acceptors (Lipinski definition) is 2. The number of benzene rings is 1. The van der Waals surface area contributed by atoms with E-state index in [2.05, 4.69) is 10.6 Å². The Morgan fingerprint density at radius 3 is 2.68 bits per heavy atom. The molecule has 19 heavy (non-hydrogen) atoms. The Morgan fingerprint density at radius 2 is 2.00 bits per heavy atom. The monoisotopic (exact) mass is 262 g/mol. The molecular formula is C15H19FN2O. The molecule has 0 spiro atoms. The van der Waals surface area contributed by atoms with E-state index in [1.807, 2.05) is 0 Å². The number of piperidine rings is 2. The molecule has 3 rings (SSSR count). The van der Waals surface area contributed by atoms with Crippen LogP contribution in [0.1, 0.15) is 42.5 Å². The van der Waals surface area contributed by atoms with Gasteiger partial charge in [-0.1, -0.05) is 12.5 Å². The van der Waals surface area contributed by atoms with Gasteiger partial charge in [0.05, 0.1) is 0 Å². The van der Waals surface area contributed by atoms with Gasteiger partial charge in [-0.25, -0.2) is 4.39 Å². The van der Waals surface area contributed by atoms with Crippen LogP contribution in [0.5, 0.6) is 0 Å². The third-order valence-electron chi connectivity index (χ3n) is 4.14. The summed E-state index contributed by atoms with van der Waals surface area (Å²) < 4.78 is 13.1. The maximum absolute atomic E-state index is 13.1. The average molecular weight is 262 g/mol. The quantitative estimate of drug-likeness (QED) is 0.858. The van der Waals surface area contributed by atoms with E-state index in [1.54, 1.807) is 12.1 Å². The van der Waals surface area contributed by atoms with Gasteiger partial charge < -0.3 is 10.6 Å². The zero-order valence-electron chi connectivity index (χ0n) is 10.9. The molecule has 2 heterocycles. The lowest BCUT2D eigenvalue weighted by Crippen LogP contribution is -2.54. The fourth-order valence-corrected chi connectivity index (χ4v) is 3.28. The molecule has 2 bridgehead atoms. The maximum Gasteiger partial charge on any atom is 0.251 e. The lowest BCUT2D eigenvalue weighted by Gasteiger charge is -2.40. The molecule has 0 aromatic heterocycles. The van der Waals surface area contributed by atoms with Gasteiger partial charge in [-0.3, -0.25) is 4.79 Å². The predicted molar refractivity (Wildman–Crippen MR) is 71.5 cm³/mol. The smallest absolute Gasteiger partial charge is 0.251 e. The van der Waals surface area contributed by atoms with Crippen molar-refractivity contribution < 1.29 is 9.18 Å². The van der Waals surface area contributed by atoms with E-state index in [0.717, 1.165) is 12.8 Å². The van der Waals surface area contributed by atoms with Crippen LogP contribution in [0.2, 0.25) is 0 Å². The van der Waals surface area contributed by atoms with Crippen LogP contribution in [0.15, 0.2) is 24.3 Å². The number of nitrogens with one attached hydrogen (secondary N) is 2. The standard InChI is InChI=1S/C15H19FN2O/c16-11-4-1-3-10(7-11)15(19)18-14-8-12-5-2-6-13(9-14)17-12/h1,3-4,7,12-14,17H,2,5-6,8-9H2,(H,18,19)/t12-,13-/m0/s1. The highest BCUT2D eigenvalue weighted by atomic mass is 19.1. The largest absolute Gasteiger partial charge is 0.349 e. The highest BCUT2D eigenvalue weighted by Gasteiger charge is 2.31. The van der Waals surface area contributed by atoms with Crippen molar-refractivity contribution in [3.05, 3.63) is 35.6 Å². The summed E-state index contributed by atoms with van der Waals surface area (Å²) in [5.41, 5.74) is 0.406. The molecule has 3 nitrogen and oxygen atoms in total. The Balaban J connectivity index is 1.63. The molecule has 1 amide bonds. The Kier molecular flexibility index (Phi) is 3.51. The number of halogens is 1. The van der Waals surface area contributed by atoms with Crippen LogP contribution < -0.4 is 10.6 Å². The summed E-state index contributed by atoms with van der Waals surface area (Å²) >= 11 is 0. The zero-order valence-corrected chi connectivity index (χ0v) is 10.9. The molecule has 2 N–H and O–H groups in total.